The molecule has 0 radical (unpaired) electrons. The lowest BCUT2D eigenvalue weighted by atomic mass is 10.0. The van der Waals surface area contributed by atoms with Gasteiger partial charge in [0.2, 0.25) is 5.91 Å². The Morgan fingerprint density at radius 3 is 2.20 bits per heavy atom. The molecule has 1 aromatic rings. The molecule has 0 heterocycles. The zero-order valence-electron chi connectivity index (χ0n) is 15.7. The van der Waals surface area contributed by atoms with Crippen molar-refractivity contribution in [2.45, 2.75) is 39.7 Å². The Labute approximate surface area is 150 Å². The van der Waals surface area contributed by atoms with E-state index in [1.165, 1.54) is 23.6 Å². The number of rotatable bonds is 8. The van der Waals surface area contributed by atoms with Crippen LogP contribution in [0.15, 0.2) is 30.3 Å². The van der Waals surface area contributed by atoms with Crippen molar-refractivity contribution in [3.05, 3.63) is 41.5 Å². The van der Waals surface area contributed by atoms with Crippen LogP contribution in [0.25, 0.3) is 6.08 Å². The summed E-state index contributed by atoms with van der Waals surface area (Å²) in [7, 11) is 1.32. The van der Waals surface area contributed by atoms with Crippen LogP contribution in [-0.4, -0.2) is 48.2 Å². The van der Waals surface area contributed by atoms with Gasteiger partial charge in [-0.25, -0.2) is 0 Å². The van der Waals surface area contributed by atoms with Crippen LogP contribution >= 0.6 is 0 Å². The van der Waals surface area contributed by atoms with Crippen molar-refractivity contribution < 1.29 is 19.4 Å². The molecule has 0 aliphatic carbocycles. The van der Waals surface area contributed by atoms with E-state index in [0.29, 0.717) is 5.92 Å². The van der Waals surface area contributed by atoms with Crippen LogP contribution in [0.5, 0.6) is 0 Å². The van der Waals surface area contributed by atoms with E-state index < -0.39 is 12.0 Å². The van der Waals surface area contributed by atoms with Crippen molar-refractivity contribution in [3.8, 4) is 0 Å². The van der Waals surface area contributed by atoms with Gasteiger partial charge in [0.25, 0.3) is 0 Å². The summed E-state index contributed by atoms with van der Waals surface area (Å²) in [6, 6.07) is 8.02. The topological polar surface area (TPSA) is 66.8 Å². The number of amides is 1. The van der Waals surface area contributed by atoms with Gasteiger partial charge in [0.05, 0.1) is 19.1 Å². The van der Waals surface area contributed by atoms with Crippen LogP contribution in [-0.2, 0) is 14.3 Å². The zero-order valence-corrected chi connectivity index (χ0v) is 15.7. The van der Waals surface area contributed by atoms with E-state index in [9.17, 15) is 14.7 Å². The molecule has 1 rings (SSSR count). The zero-order chi connectivity index (χ0) is 19.0. The van der Waals surface area contributed by atoms with Gasteiger partial charge in [-0.1, -0.05) is 45.0 Å². The third-order valence-corrected chi connectivity index (χ3v) is 3.92. The fourth-order valence-electron chi connectivity index (χ4n) is 2.44. The van der Waals surface area contributed by atoms with Crippen LogP contribution in [0.4, 0.5) is 0 Å². The number of benzene rings is 1. The average Bonchev–Trinajstić information content (AvgIpc) is 2.58. The van der Waals surface area contributed by atoms with Gasteiger partial charge < -0.3 is 14.7 Å². The number of aliphatic hydroxyl groups is 1. The predicted octanol–water partition coefficient (Wildman–Crippen LogP) is 2.84. The Bertz CT molecular complexity index is 590. The molecule has 1 amide bonds. The van der Waals surface area contributed by atoms with Crippen LogP contribution in [0, 0.1) is 5.92 Å². The highest BCUT2D eigenvalue weighted by molar-refractivity contribution is 5.92. The SMILES string of the molecule is COC(=O)C(C)CN(CC(C)O)C(=O)/C=C/c1ccc(C(C)C)cc1. The Kier molecular flexibility index (Phi) is 8.35. The van der Waals surface area contributed by atoms with Crippen LogP contribution in [0.2, 0.25) is 0 Å². The van der Waals surface area contributed by atoms with Crippen molar-refractivity contribution >= 4 is 18.0 Å². The number of esters is 1. The maximum Gasteiger partial charge on any atom is 0.310 e. The molecule has 2 unspecified atom stereocenters. The Balaban J connectivity index is 2.80. The second kappa shape index (κ2) is 9.99. The van der Waals surface area contributed by atoms with E-state index in [0.717, 1.165) is 5.56 Å². The predicted molar refractivity (Wildman–Crippen MR) is 99.0 cm³/mol. The van der Waals surface area contributed by atoms with Gasteiger partial charge in [0.15, 0.2) is 0 Å². The molecule has 138 valence electrons. The normalized spacial score (nSPS) is 13.7. The van der Waals surface area contributed by atoms with E-state index in [-0.39, 0.29) is 25.0 Å². The van der Waals surface area contributed by atoms with Crippen LogP contribution in [0.1, 0.15) is 44.7 Å². The molecule has 0 fully saturated rings. The summed E-state index contributed by atoms with van der Waals surface area (Å²) in [5, 5.41) is 9.61. The second-order valence-electron chi connectivity index (χ2n) is 6.67. The maximum absolute atomic E-state index is 12.4. The van der Waals surface area contributed by atoms with Crippen molar-refractivity contribution in [2.24, 2.45) is 5.92 Å². The van der Waals surface area contributed by atoms with Gasteiger partial charge in [-0.3, -0.25) is 9.59 Å². The standard InChI is InChI=1S/C20H29NO4/c1-14(2)18-9-6-17(7-10-18)8-11-19(23)21(13-16(4)22)12-15(3)20(24)25-5/h6-11,14-16,22H,12-13H2,1-5H3/b11-8+. The fraction of sp³-hybridized carbons (Fsp3) is 0.500. The van der Waals surface area contributed by atoms with Gasteiger partial charge in [-0.15, -0.1) is 0 Å². The van der Waals surface area contributed by atoms with Crippen molar-refractivity contribution in [3.63, 3.8) is 0 Å². The number of ether oxygens (including phenoxy) is 1. The smallest absolute Gasteiger partial charge is 0.310 e. The number of carbonyl (C=O) groups is 2. The molecular weight excluding hydrogens is 318 g/mol. The van der Waals surface area contributed by atoms with E-state index in [2.05, 4.69) is 13.8 Å². The van der Waals surface area contributed by atoms with Crippen molar-refractivity contribution in [2.75, 3.05) is 20.2 Å². The molecule has 2 atom stereocenters. The second-order valence-corrected chi connectivity index (χ2v) is 6.67. The molecule has 1 aromatic carbocycles. The first-order chi connectivity index (χ1) is 11.7. The maximum atomic E-state index is 12.4. The summed E-state index contributed by atoms with van der Waals surface area (Å²) in [6.45, 7) is 7.93. The lowest BCUT2D eigenvalue weighted by molar-refractivity contribution is -0.146. The Morgan fingerprint density at radius 2 is 1.72 bits per heavy atom. The summed E-state index contributed by atoms with van der Waals surface area (Å²) in [4.78, 5) is 25.5. The molecule has 5 nitrogen and oxygen atoms in total. The lowest BCUT2D eigenvalue weighted by Gasteiger charge is -2.25. The first-order valence-electron chi connectivity index (χ1n) is 8.57. The summed E-state index contributed by atoms with van der Waals surface area (Å²) in [5.41, 5.74) is 2.17. The van der Waals surface area contributed by atoms with Crippen LogP contribution < -0.4 is 0 Å². The number of nitrogens with zero attached hydrogens (tertiary/aromatic N) is 1. The minimum atomic E-state index is -0.674. The molecular formula is C20H29NO4. The number of hydrogen-bond donors (Lipinski definition) is 1. The largest absolute Gasteiger partial charge is 0.469 e. The minimum absolute atomic E-state index is 0.163. The molecule has 0 aliphatic heterocycles. The molecule has 0 aliphatic rings. The van der Waals surface area contributed by atoms with E-state index >= 15 is 0 Å². The number of methoxy groups -OCH3 is 1. The van der Waals surface area contributed by atoms with E-state index in [4.69, 9.17) is 4.74 Å². The summed E-state index contributed by atoms with van der Waals surface area (Å²) < 4.78 is 4.70. The highest BCUT2D eigenvalue weighted by Gasteiger charge is 2.21. The van der Waals surface area contributed by atoms with Crippen molar-refractivity contribution in [1.29, 1.82) is 0 Å². The molecule has 25 heavy (non-hydrogen) atoms. The quantitative estimate of drug-likeness (QED) is 0.580. The van der Waals surface area contributed by atoms with Gasteiger partial charge in [0.1, 0.15) is 0 Å². The van der Waals surface area contributed by atoms with Gasteiger partial charge in [0, 0.05) is 19.2 Å². The third-order valence-electron chi connectivity index (χ3n) is 3.92. The number of hydrogen-bond acceptors (Lipinski definition) is 4. The summed E-state index contributed by atoms with van der Waals surface area (Å²) in [5.74, 6) is -0.617. The monoisotopic (exact) mass is 347 g/mol. The van der Waals surface area contributed by atoms with E-state index in [1.54, 1.807) is 19.9 Å². The van der Waals surface area contributed by atoms with Gasteiger partial charge in [-0.2, -0.15) is 0 Å². The highest BCUT2D eigenvalue weighted by atomic mass is 16.5. The summed E-state index contributed by atoms with van der Waals surface area (Å²) >= 11 is 0. The fourth-order valence-corrected chi connectivity index (χ4v) is 2.44. The molecule has 1 N–H and O–H groups in total. The highest BCUT2D eigenvalue weighted by Crippen LogP contribution is 2.15. The number of aliphatic hydroxyl groups excluding tert-OH is 1. The first kappa shape index (κ1) is 20.9. The molecule has 0 bridgehead atoms. The Hall–Kier alpha value is -2.14. The van der Waals surface area contributed by atoms with Crippen molar-refractivity contribution in [1.82, 2.24) is 4.90 Å². The molecule has 0 spiro atoms. The lowest BCUT2D eigenvalue weighted by Crippen LogP contribution is -2.40. The van der Waals surface area contributed by atoms with Crippen LogP contribution in [0.3, 0.4) is 0 Å². The van der Waals surface area contributed by atoms with Gasteiger partial charge >= 0.3 is 5.97 Å². The van der Waals surface area contributed by atoms with E-state index in [1.807, 2.05) is 24.3 Å². The average molecular weight is 347 g/mol. The first-order valence-corrected chi connectivity index (χ1v) is 8.57. The molecule has 0 saturated heterocycles. The summed E-state index contributed by atoms with van der Waals surface area (Å²) in [6.07, 6.45) is 2.54. The molecule has 0 aromatic heterocycles. The van der Waals surface area contributed by atoms with Gasteiger partial charge in [-0.05, 0) is 30.0 Å². The third kappa shape index (κ3) is 7.10. The Morgan fingerprint density at radius 1 is 1.12 bits per heavy atom. The molecule has 5 heteroatoms. The molecule has 0 saturated carbocycles. The minimum Gasteiger partial charge on any atom is -0.469 e. The number of carbonyl (C=O) groups excluding carboxylic acids is 2.